The summed E-state index contributed by atoms with van der Waals surface area (Å²) in [5, 5.41) is 9.57. The van der Waals surface area contributed by atoms with Gasteiger partial charge in [-0.1, -0.05) is 23.7 Å². The summed E-state index contributed by atoms with van der Waals surface area (Å²) in [4.78, 5) is 12.1. The number of aryl methyl sites for hydroxylation is 1. The molecule has 0 spiro atoms. The zero-order valence-electron chi connectivity index (χ0n) is 9.95. The number of benzene rings is 1. The molecule has 94 valence electrons. The molecule has 18 heavy (non-hydrogen) atoms. The molecule has 6 heteroatoms. The molecule has 0 bridgehead atoms. The van der Waals surface area contributed by atoms with E-state index in [-0.39, 0.29) is 5.91 Å². The molecule has 5 nitrogen and oxygen atoms in total. The number of aromatic amines is 1. The molecule has 1 amide bonds. The van der Waals surface area contributed by atoms with Crippen molar-refractivity contribution in [2.45, 2.75) is 6.92 Å². The number of H-pyrrole nitrogens is 1. The van der Waals surface area contributed by atoms with Gasteiger partial charge in [-0.2, -0.15) is 5.10 Å². The second-order valence-corrected chi connectivity index (χ2v) is 4.11. The molecule has 2 rings (SSSR count). The van der Waals surface area contributed by atoms with Crippen LogP contribution in [0.4, 0.5) is 5.82 Å². The van der Waals surface area contributed by atoms with Crippen LogP contribution in [0.5, 0.6) is 5.88 Å². The third kappa shape index (κ3) is 2.46. The Bertz CT molecular complexity index is 560. The highest BCUT2D eigenvalue weighted by atomic mass is 35.5. The number of anilines is 1. The number of carbonyl (C=O) groups is 1. The summed E-state index contributed by atoms with van der Waals surface area (Å²) in [5.41, 5.74) is 1.25. The largest absolute Gasteiger partial charge is 0.481 e. The summed E-state index contributed by atoms with van der Waals surface area (Å²) >= 11 is 6.01. The first-order valence-electron chi connectivity index (χ1n) is 5.27. The monoisotopic (exact) mass is 265 g/mol. The molecular formula is C12H12ClN3O2. The number of aromatic nitrogens is 2. The number of carbonyl (C=O) groups excluding carboxylic acids is 1. The van der Waals surface area contributed by atoms with Gasteiger partial charge in [0.1, 0.15) is 0 Å². The zero-order valence-corrected chi connectivity index (χ0v) is 10.7. The van der Waals surface area contributed by atoms with Gasteiger partial charge in [0.2, 0.25) is 5.88 Å². The quantitative estimate of drug-likeness (QED) is 0.896. The van der Waals surface area contributed by atoms with Crippen LogP contribution >= 0.6 is 11.6 Å². The van der Waals surface area contributed by atoms with Crippen LogP contribution in [0.3, 0.4) is 0 Å². The van der Waals surface area contributed by atoms with E-state index < -0.39 is 0 Å². The Balaban J connectivity index is 2.22. The van der Waals surface area contributed by atoms with Crippen molar-refractivity contribution in [3.05, 3.63) is 40.4 Å². The van der Waals surface area contributed by atoms with Gasteiger partial charge < -0.3 is 10.1 Å². The highest BCUT2D eigenvalue weighted by Crippen LogP contribution is 2.21. The Labute approximate surface area is 109 Å². The van der Waals surface area contributed by atoms with E-state index in [2.05, 4.69) is 15.5 Å². The molecule has 1 aromatic carbocycles. The molecule has 2 aromatic rings. The number of hydrogen-bond donors (Lipinski definition) is 2. The molecule has 0 unspecified atom stereocenters. The lowest BCUT2D eigenvalue weighted by Gasteiger charge is -2.07. The van der Waals surface area contributed by atoms with Gasteiger partial charge in [-0.05, 0) is 18.6 Å². The molecule has 0 saturated heterocycles. The summed E-state index contributed by atoms with van der Waals surface area (Å²) in [7, 11) is 1.51. The van der Waals surface area contributed by atoms with E-state index >= 15 is 0 Å². The fraction of sp³-hybridized carbons (Fsp3) is 0.167. The lowest BCUT2D eigenvalue weighted by molar-refractivity contribution is 0.102. The van der Waals surface area contributed by atoms with Crippen LogP contribution < -0.4 is 10.1 Å². The Morgan fingerprint density at radius 2 is 2.28 bits per heavy atom. The summed E-state index contributed by atoms with van der Waals surface area (Å²) in [5.74, 6) is 0.560. The molecule has 0 aliphatic carbocycles. The third-order valence-electron chi connectivity index (χ3n) is 2.46. The molecule has 1 aromatic heterocycles. The first-order valence-corrected chi connectivity index (χ1v) is 5.65. The molecule has 2 N–H and O–H groups in total. The SMILES string of the molecule is COc1cc(NC(=O)c2c(C)cccc2Cl)n[nH]1. The van der Waals surface area contributed by atoms with E-state index in [4.69, 9.17) is 16.3 Å². The smallest absolute Gasteiger partial charge is 0.258 e. The van der Waals surface area contributed by atoms with Gasteiger partial charge >= 0.3 is 0 Å². The Morgan fingerprint density at radius 1 is 1.50 bits per heavy atom. The van der Waals surface area contributed by atoms with Gasteiger partial charge in [-0.3, -0.25) is 4.79 Å². The second kappa shape index (κ2) is 5.10. The third-order valence-corrected chi connectivity index (χ3v) is 2.78. The number of ether oxygens (including phenoxy) is 1. The van der Waals surface area contributed by atoms with Crippen molar-refractivity contribution in [1.82, 2.24) is 10.2 Å². The van der Waals surface area contributed by atoms with Crippen LogP contribution in [0, 0.1) is 6.92 Å². The molecule has 0 atom stereocenters. The summed E-state index contributed by atoms with van der Waals surface area (Å²) < 4.78 is 4.93. The Morgan fingerprint density at radius 3 is 2.89 bits per heavy atom. The van der Waals surface area contributed by atoms with E-state index in [0.29, 0.717) is 22.3 Å². The number of amides is 1. The Kier molecular flexibility index (Phi) is 3.53. The van der Waals surface area contributed by atoms with Crippen molar-refractivity contribution in [3.8, 4) is 5.88 Å². The van der Waals surface area contributed by atoms with Gasteiger partial charge in [-0.25, -0.2) is 5.10 Å². The minimum atomic E-state index is -0.299. The molecular weight excluding hydrogens is 254 g/mol. The average Bonchev–Trinajstić information content (AvgIpc) is 2.76. The average molecular weight is 266 g/mol. The predicted molar refractivity (Wildman–Crippen MR) is 69.3 cm³/mol. The van der Waals surface area contributed by atoms with Crippen LogP contribution in [0.25, 0.3) is 0 Å². The maximum absolute atomic E-state index is 12.1. The second-order valence-electron chi connectivity index (χ2n) is 3.71. The van der Waals surface area contributed by atoms with E-state index in [9.17, 15) is 4.79 Å². The van der Waals surface area contributed by atoms with Crippen molar-refractivity contribution < 1.29 is 9.53 Å². The highest BCUT2D eigenvalue weighted by Gasteiger charge is 2.14. The number of methoxy groups -OCH3 is 1. The molecule has 0 saturated carbocycles. The van der Waals surface area contributed by atoms with E-state index in [1.54, 1.807) is 18.2 Å². The number of nitrogens with one attached hydrogen (secondary N) is 2. The summed E-state index contributed by atoms with van der Waals surface area (Å²) in [6.07, 6.45) is 0. The standard InChI is InChI=1S/C12H12ClN3O2/c1-7-4-3-5-8(13)11(7)12(17)14-9-6-10(18-2)16-15-9/h3-6H,1-2H3,(H2,14,15,16,17). The number of nitrogens with zero attached hydrogens (tertiary/aromatic N) is 1. The fourth-order valence-electron chi connectivity index (χ4n) is 1.57. The van der Waals surface area contributed by atoms with Crippen molar-refractivity contribution in [2.75, 3.05) is 12.4 Å². The normalized spacial score (nSPS) is 10.2. The minimum Gasteiger partial charge on any atom is -0.481 e. The number of halogens is 1. The zero-order chi connectivity index (χ0) is 13.1. The predicted octanol–water partition coefficient (Wildman–Crippen LogP) is 2.63. The molecule has 0 fully saturated rings. The summed E-state index contributed by atoms with van der Waals surface area (Å²) in [6, 6.07) is 6.89. The van der Waals surface area contributed by atoms with Gasteiger partial charge in [0, 0.05) is 6.07 Å². The fourth-order valence-corrected chi connectivity index (χ4v) is 1.88. The number of rotatable bonds is 3. The summed E-state index contributed by atoms with van der Waals surface area (Å²) in [6.45, 7) is 1.83. The van der Waals surface area contributed by atoms with Crippen LogP contribution in [-0.2, 0) is 0 Å². The first kappa shape index (κ1) is 12.4. The van der Waals surface area contributed by atoms with Crippen molar-refractivity contribution in [1.29, 1.82) is 0 Å². The topological polar surface area (TPSA) is 67.0 Å². The van der Waals surface area contributed by atoms with Crippen LogP contribution in [0.2, 0.25) is 5.02 Å². The van der Waals surface area contributed by atoms with Crippen LogP contribution in [-0.4, -0.2) is 23.2 Å². The molecule has 0 aliphatic rings. The molecule has 1 heterocycles. The maximum atomic E-state index is 12.1. The lowest BCUT2D eigenvalue weighted by Crippen LogP contribution is -2.14. The van der Waals surface area contributed by atoms with Crippen LogP contribution in [0.15, 0.2) is 24.3 Å². The van der Waals surface area contributed by atoms with Gasteiger partial charge in [-0.15, -0.1) is 0 Å². The van der Waals surface area contributed by atoms with Crippen LogP contribution in [0.1, 0.15) is 15.9 Å². The van der Waals surface area contributed by atoms with Crippen molar-refractivity contribution in [3.63, 3.8) is 0 Å². The van der Waals surface area contributed by atoms with E-state index in [1.807, 2.05) is 13.0 Å². The van der Waals surface area contributed by atoms with Crippen molar-refractivity contribution in [2.24, 2.45) is 0 Å². The van der Waals surface area contributed by atoms with Gasteiger partial charge in [0.25, 0.3) is 5.91 Å². The van der Waals surface area contributed by atoms with E-state index in [0.717, 1.165) is 5.56 Å². The molecule has 0 aliphatic heterocycles. The minimum absolute atomic E-state index is 0.299. The highest BCUT2D eigenvalue weighted by molar-refractivity contribution is 6.34. The first-order chi connectivity index (χ1) is 8.61. The lowest BCUT2D eigenvalue weighted by atomic mass is 10.1. The van der Waals surface area contributed by atoms with Gasteiger partial charge in [0.05, 0.1) is 17.7 Å². The maximum Gasteiger partial charge on any atom is 0.258 e. The van der Waals surface area contributed by atoms with E-state index in [1.165, 1.54) is 7.11 Å². The molecule has 0 radical (unpaired) electrons. The Hall–Kier alpha value is -2.01. The van der Waals surface area contributed by atoms with Gasteiger partial charge in [0.15, 0.2) is 5.82 Å². The van der Waals surface area contributed by atoms with Crippen molar-refractivity contribution >= 4 is 23.3 Å². The number of hydrogen-bond acceptors (Lipinski definition) is 3.